The van der Waals surface area contributed by atoms with Crippen LogP contribution < -0.4 is 15.4 Å². The van der Waals surface area contributed by atoms with E-state index in [-0.39, 0.29) is 5.91 Å². The first-order chi connectivity index (χ1) is 8.13. The topological polar surface area (TPSA) is 55.6 Å². The van der Waals surface area contributed by atoms with E-state index in [2.05, 4.69) is 0 Å². The fraction of sp³-hybridized carbons (Fsp3) is 0.462. The van der Waals surface area contributed by atoms with Crippen molar-refractivity contribution < 1.29 is 9.53 Å². The van der Waals surface area contributed by atoms with E-state index in [1.807, 2.05) is 18.2 Å². The lowest BCUT2D eigenvalue weighted by molar-refractivity contribution is -0.119. The number of amides is 1. The number of anilines is 1. The summed E-state index contributed by atoms with van der Waals surface area (Å²) in [5.41, 5.74) is 7.79. The molecule has 1 amide bonds. The fourth-order valence-corrected chi connectivity index (χ4v) is 2.18. The Morgan fingerprint density at radius 3 is 2.94 bits per heavy atom. The van der Waals surface area contributed by atoms with Gasteiger partial charge in [0.05, 0.1) is 13.2 Å². The molecule has 1 heterocycles. The van der Waals surface area contributed by atoms with Crippen LogP contribution in [0.4, 0.5) is 5.69 Å². The van der Waals surface area contributed by atoms with Gasteiger partial charge in [-0.15, -0.1) is 0 Å². The van der Waals surface area contributed by atoms with Crippen molar-refractivity contribution in [2.75, 3.05) is 18.6 Å². The molecule has 4 nitrogen and oxygen atoms in total. The van der Waals surface area contributed by atoms with Crippen LogP contribution in [0, 0.1) is 0 Å². The average Bonchev–Trinajstić information content (AvgIpc) is 2.36. The van der Waals surface area contributed by atoms with E-state index in [0.717, 1.165) is 36.4 Å². The molecule has 92 valence electrons. The highest BCUT2D eigenvalue weighted by molar-refractivity contribution is 5.97. The highest BCUT2D eigenvalue weighted by atomic mass is 16.5. The predicted octanol–water partition coefficient (Wildman–Crippen LogP) is 1.32. The van der Waals surface area contributed by atoms with Gasteiger partial charge in [-0.2, -0.15) is 0 Å². The number of carbonyl (C=O) groups is 1. The van der Waals surface area contributed by atoms with Gasteiger partial charge >= 0.3 is 0 Å². The Kier molecular flexibility index (Phi) is 3.33. The number of nitrogens with zero attached hydrogens (tertiary/aromatic N) is 1. The fourth-order valence-electron chi connectivity index (χ4n) is 2.18. The number of rotatable bonds is 2. The lowest BCUT2D eigenvalue weighted by Crippen LogP contribution is -2.44. The van der Waals surface area contributed by atoms with Crippen LogP contribution in [0.15, 0.2) is 18.2 Å². The molecule has 1 aliphatic rings. The Labute approximate surface area is 101 Å². The maximum absolute atomic E-state index is 12.0. The molecule has 0 spiro atoms. The molecular weight excluding hydrogens is 216 g/mol. The summed E-state index contributed by atoms with van der Waals surface area (Å²) in [5, 5.41) is 0. The Morgan fingerprint density at radius 1 is 1.53 bits per heavy atom. The molecule has 2 N–H and O–H groups in total. The molecule has 1 aromatic carbocycles. The van der Waals surface area contributed by atoms with Crippen LogP contribution in [0.25, 0.3) is 0 Å². The Bertz CT molecular complexity index is 429. The number of nitrogens with two attached hydrogens (primary N) is 1. The number of ether oxygens (including phenoxy) is 1. The summed E-state index contributed by atoms with van der Waals surface area (Å²) in [6.45, 7) is 2.47. The molecule has 1 atom stereocenters. The maximum atomic E-state index is 12.0. The molecule has 1 aromatic rings. The second kappa shape index (κ2) is 4.75. The number of methoxy groups -OCH3 is 1. The smallest absolute Gasteiger partial charge is 0.243 e. The lowest BCUT2D eigenvalue weighted by Gasteiger charge is -2.30. The Balaban J connectivity index is 2.35. The zero-order valence-electron chi connectivity index (χ0n) is 10.3. The minimum Gasteiger partial charge on any atom is -0.497 e. The minimum absolute atomic E-state index is 0.0175. The van der Waals surface area contributed by atoms with Crippen molar-refractivity contribution in [3.05, 3.63) is 23.8 Å². The number of hydrogen-bond acceptors (Lipinski definition) is 3. The van der Waals surface area contributed by atoms with E-state index in [9.17, 15) is 4.79 Å². The number of aryl methyl sites for hydroxylation is 1. The SMILES string of the molecule is COc1ccc2c(c1)CCCN2C(=O)C(C)N. The van der Waals surface area contributed by atoms with Crippen molar-refractivity contribution in [2.45, 2.75) is 25.8 Å². The van der Waals surface area contributed by atoms with Crippen LogP contribution in [0.5, 0.6) is 5.75 Å². The van der Waals surface area contributed by atoms with E-state index >= 15 is 0 Å². The summed E-state index contributed by atoms with van der Waals surface area (Å²) in [5.74, 6) is 0.815. The second-order valence-corrected chi connectivity index (χ2v) is 4.38. The normalized spacial score (nSPS) is 16.3. The van der Waals surface area contributed by atoms with Gasteiger partial charge in [0.15, 0.2) is 0 Å². The zero-order valence-corrected chi connectivity index (χ0v) is 10.3. The summed E-state index contributed by atoms with van der Waals surface area (Å²) >= 11 is 0. The molecule has 4 heteroatoms. The summed E-state index contributed by atoms with van der Waals surface area (Å²) in [7, 11) is 1.65. The molecule has 17 heavy (non-hydrogen) atoms. The van der Waals surface area contributed by atoms with Crippen molar-refractivity contribution in [1.82, 2.24) is 0 Å². The van der Waals surface area contributed by atoms with Gasteiger partial charge in [-0.1, -0.05) is 0 Å². The largest absolute Gasteiger partial charge is 0.497 e. The third kappa shape index (κ3) is 2.26. The highest BCUT2D eigenvalue weighted by Crippen LogP contribution is 2.30. The van der Waals surface area contributed by atoms with E-state index in [4.69, 9.17) is 10.5 Å². The predicted molar refractivity (Wildman–Crippen MR) is 67.3 cm³/mol. The Hall–Kier alpha value is -1.55. The van der Waals surface area contributed by atoms with Gasteiger partial charge in [-0.05, 0) is 43.5 Å². The van der Waals surface area contributed by atoms with Crippen LogP contribution >= 0.6 is 0 Å². The molecule has 0 fully saturated rings. The molecule has 0 radical (unpaired) electrons. The Morgan fingerprint density at radius 2 is 2.29 bits per heavy atom. The molecule has 0 aliphatic carbocycles. The van der Waals surface area contributed by atoms with Gasteiger partial charge in [0.1, 0.15) is 5.75 Å². The van der Waals surface area contributed by atoms with Crippen molar-refractivity contribution in [1.29, 1.82) is 0 Å². The highest BCUT2D eigenvalue weighted by Gasteiger charge is 2.24. The van der Waals surface area contributed by atoms with Crippen LogP contribution in [0.2, 0.25) is 0 Å². The van der Waals surface area contributed by atoms with E-state index in [1.165, 1.54) is 0 Å². The molecule has 0 bridgehead atoms. The van der Waals surface area contributed by atoms with Crippen molar-refractivity contribution in [3.63, 3.8) is 0 Å². The zero-order chi connectivity index (χ0) is 12.4. The third-order valence-corrected chi connectivity index (χ3v) is 3.06. The third-order valence-electron chi connectivity index (χ3n) is 3.06. The van der Waals surface area contributed by atoms with Gasteiger partial charge in [0, 0.05) is 12.2 Å². The van der Waals surface area contributed by atoms with Crippen molar-refractivity contribution in [3.8, 4) is 5.75 Å². The van der Waals surface area contributed by atoms with Gasteiger partial charge in [0.25, 0.3) is 0 Å². The van der Waals surface area contributed by atoms with Gasteiger partial charge in [-0.25, -0.2) is 0 Å². The first-order valence-electron chi connectivity index (χ1n) is 5.87. The molecule has 0 aromatic heterocycles. The lowest BCUT2D eigenvalue weighted by atomic mass is 10.0. The van der Waals surface area contributed by atoms with Gasteiger partial charge < -0.3 is 15.4 Å². The molecule has 1 unspecified atom stereocenters. The summed E-state index contributed by atoms with van der Waals surface area (Å²) in [6, 6.07) is 5.36. The first kappa shape index (κ1) is 11.9. The van der Waals surface area contributed by atoms with Crippen LogP contribution in [0.3, 0.4) is 0 Å². The first-order valence-corrected chi connectivity index (χ1v) is 5.87. The molecule has 1 aliphatic heterocycles. The van der Waals surface area contributed by atoms with E-state index in [1.54, 1.807) is 18.9 Å². The monoisotopic (exact) mass is 234 g/mol. The van der Waals surface area contributed by atoms with Crippen LogP contribution in [0.1, 0.15) is 18.9 Å². The summed E-state index contributed by atoms with van der Waals surface area (Å²) < 4.78 is 5.20. The number of benzene rings is 1. The van der Waals surface area contributed by atoms with Crippen LogP contribution in [-0.2, 0) is 11.2 Å². The van der Waals surface area contributed by atoms with E-state index in [0.29, 0.717) is 0 Å². The standard InChI is InChI=1S/C13H18N2O2/c1-9(14)13(16)15-7-3-4-10-8-11(17-2)5-6-12(10)15/h5-6,8-9H,3-4,7,14H2,1-2H3. The van der Waals surface area contributed by atoms with Crippen molar-refractivity contribution in [2.24, 2.45) is 5.73 Å². The molecule has 2 rings (SSSR count). The summed E-state index contributed by atoms with van der Waals surface area (Å²) in [6.07, 6.45) is 1.95. The molecule has 0 saturated heterocycles. The molecular formula is C13H18N2O2. The van der Waals surface area contributed by atoms with Gasteiger partial charge in [0.2, 0.25) is 5.91 Å². The second-order valence-electron chi connectivity index (χ2n) is 4.38. The number of carbonyl (C=O) groups excluding carboxylic acids is 1. The minimum atomic E-state index is -0.456. The quantitative estimate of drug-likeness (QED) is 0.839. The molecule has 0 saturated carbocycles. The maximum Gasteiger partial charge on any atom is 0.243 e. The van der Waals surface area contributed by atoms with Gasteiger partial charge in [-0.3, -0.25) is 4.79 Å². The number of hydrogen-bond donors (Lipinski definition) is 1. The number of fused-ring (bicyclic) bond motifs is 1. The van der Waals surface area contributed by atoms with Crippen molar-refractivity contribution >= 4 is 11.6 Å². The summed E-state index contributed by atoms with van der Waals surface area (Å²) in [4.78, 5) is 13.8. The average molecular weight is 234 g/mol. The van der Waals surface area contributed by atoms with E-state index < -0.39 is 6.04 Å². The van der Waals surface area contributed by atoms with Crippen LogP contribution in [-0.4, -0.2) is 25.6 Å².